The Labute approximate surface area is 130 Å². The average Bonchev–Trinajstić information content (AvgIpc) is 2.56. The topological polar surface area (TPSA) is 27.0 Å². The zero-order chi connectivity index (χ0) is 14.7. The molecule has 0 bridgehead atoms. The zero-order valence-electron chi connectivity index (χ0n) is 11.8. The number of hydrogen-bond donors (Lipinski definition) is 0. The fourth-order valence-electron chi connectivity index (χ4n) is 2.99. The van der Waals surface area contributed by atoms with Gasteiger partial charge in [0.2, 0.25) is 0 Å². The lowest BCUT2D eigenvalue weighted by molar-refractivity contribution is 0.505. The Kier molecular flexibility index (Phi) is 4.13. The summed E-state index contributed by atoms with van der Waals surface area (Å²) in [5.74, 6) is 0.649. The molecule has 0 radical (unpaired) electrons. The molecule has 1 aliphatic rings. The highest BCUT2D eigenvalue weighted by atomic mass is 35.5. The van der Waals surface area contributed by atoms with Gasteiger partial charge >= 0.3 is 0 Å². The molecule has 0 spiro atoms. The number of piperidine rings is 1. The molecule has 2 nitrogen and oxygen atoms in total. The van der Waals surface area contributed by atoms with Crippen molar-refractivity contribution < 1.29 is 0 Å². The van der Waals surface area contributed by atoms with E-state index in [0.717, 1.165) is 31.6 Å². The molecule has 0 atom stereocenters. The number of hydrogen-bond acceptors (Lipinski definition) is 2. The molecule has 2 aromatic carbocycles. The van der Waals surface area contributed by atoms with Gasteiger partial charge in [-0.25, -0.2) is 0 Å². The van der Waals surface area contributed by atoms with Crippen molar-refractivity contribution in [2.45, 2.75) is 18.8 Å². The maximum Gasteiger partial charge on any atom is 0.101 e. The largest absolute Gasteiger partial charge is 0.371 e. The summed E-state index contributed by atoms with van der Waals surface area (Å²) < 4.78 is 0. The molecule has 3 heteroatoms. The van der Waals surface area contributed by atoms with Crippen molar-refractivity contribution in [3.63, 3.8) is 0 Å². The van der Waals surface area contributed by atoms with Gasteiger partial charge < -0.3 is 4.90 Å². The predicted molar refractivity (Wildman–Crippen MR) is 86.8 cm³/mol. The first-order valence-electron chi connectivity index (χ1n) is 7.27. The van der Waals surface area contributed by atoms with Crippen LogP contribution in [0, 0.1) is 11.3 Å². The molecule has 0 unspecified atom stereocenters. The number of anilines is 1. The summed E-state index contributed by atoms with van der Waals surface area (Å²) in [6.45, 7) is 2.06. The van der Waals surface area contributed by atoms with Crippen LogP contribution in [0.1, 0.15) is 29.9 Å². The standard InChI is InChI=1S/C18H17ClN2/c19-18-12-17(7-6-16(18)13-20)21-10-8-15(9-11-21)14-4-2-1-3-5-14/h1-7,12,15H,8-11H2. The fraction of sp³-hybridized carbons (Fsp3) is 0.278. The van der Waals surface area contributed by atoms with Gasteiger partial charge in [-0.05, 0) is 42.5 Å². The van der Waals surface area contributed by atoms with Crippen LogP contribution in [-0.2, 0) is 0 Å². The summed E-state index contributed by atoms with van der Waals surface area (Å²) in [7, 11) is 0. The maximum absolute atomic E-state index is 8.93. The molecule has 1 heterocycles. The number of rotatable bonds is 2. The Morgan fingerprint density at radius 1 is 1.05 bits per heavy atom. The average molecular weight is 297 g/mol. The predicted octanol–water partition coefficient (Wildman–Crippen LogP) is 4.60. The van der Waals surface area contributed by atoms with Gasteiger partial charge in [-0.3, -0.25) is 0 Å². The van der Waals surface area contributed by atoms with Crippen molar-refractivity contribution in [2.75, 3.05) is 18.0 Å². The van der Waals surface area contributed by atoms with Crippen molar-refractivity contribution >= 4 is 17.3 Å². The maximum atomic E-state index is 8.93. The Morgan fingerprint density at radius 3 is 2.38 bits per heavy atom. The van der Waals surface area contributed by atoms with Crippen LogP contribution >= 0.6 is 11.6 Å². The van der Waals surface area contributed by atoms with E-state index in [1.165, 1.54) is 5.56 Å². The van der Waals surface area contributed by atoms with Gasteiger partial charge in [-0.2, -0.15) is 5.26 Å². The minimum atomic E-state index is 0.541. The van der Waals surface area contributed by atoms with Crippen LogP contribution < -0.4 is 4.90 Å². The second-order valence-electron chi connectivity index (χ2n) is 5.45. The summed E-state index contributed by atoms with van der Waals surface area (Å²) in [6, 6.07) is 18.5. The molecule has 1 saturated heterocycles. The number of halogens is 1. The fourth-order valence-corrected chi connectivity index (χ4v) is 3.20. The van der Waals surface area contributed by atoms with E-state index in [2.05, 4.69) is 41.3 Å². The van der Waals surface area contributed by atoms with Crippen LogP contribution in [0.4, 0.5) is 5.69 Å². The van der Waals surface area contributed by atoms with E-state index in [0.29, 0.717) is 16.5 Å². The van der Waals surface area contributed by atoms with Gasteiger partial charge in [0, 0.05) is 18.8 Å². The van der Waals surface area contributed by atoms with Crippen molar-refractivity contribution in [3.8, 4) is 6.07 Å². The highest BCUT2D eigenvalue weighted by Gasteiger charge is 2.21. The molecule has 106 valence electrons. The smallest absolute Gasteiger partial charge is 0.101 e. The summed E-state index contributed by atoms with van der Waals surface area (Å²) in [5, 5.41) is 9.47. The Balaban J connectivity index is 1.69. The Bertz CT molecular complexity index is 653. The van der Waals surface area contributed by atoms with Gasteiger partial charge in [-0.15, -0.1) is 0 Å². The van der Waals surface area contributed by atoms with E-state index < -0.39 is 0 Å². The Hall–Kier alpha value is -1.98. The molecule has 0 amide bonds. The molecule has 1 aliphatic heterocycles. The summed E-state index contributed by atoms with van der Waals surface area (Å²) in [4.78, 5) is 2.35. The van der Waals surface area contributed by atoms with E-state index in [1.807, 2.05) is 12.1 Å². The van der Waals surface area contributed by atoms with Crippen LogP contribution in [-0.4, -0.2) is 13.1 Å². The van der Waals surface area contributed by atoms with Gasteiger partial charge in [0.1, 0.15) is 6.07 Å². The summed E-state index contributed by atoms with van der Waals surface area (Å²) in [6.07, 6.45) is 2.31. The van der Waals surface area contributed by atoms with E-state index in [1.54, 1.807) is 6.07 Å². The third kappa shape index (κ3) is 3.04. The molecule has 0 aliphatic carbocycles. The zero-order valence-corrected chi connectivity index (χ0v) is 12.6. The first-order valence-corrected chi connectivity index (χ1v) is 7.65. The normalized spacial score (nSPS) is 15.7. The minimum absolute atomic E-state index is 0.541. The van der Waals surface area contributed by atoms with E-state index in [9.17, 15) is 0 Å². The van der Waals surface area contributed by atoms with Crippen LogP contribution in [0.3, 0.4) is 0 Å². The number of benzene rings is 2. The highest BCUT2D eigenvalue weighted by Crippen LogP contribution is 2.31. The monoisotopic (exact) mass is 296 g/mol. The molecule has 0 saturated carbocycles. The molecule has 3 rings (SSSR count). The quantitative estimate of drug-likeness (QED) is 0.810. The Morgan fingerprint density at radius 2 is 1.76 bits per heavy atom. The van der Waals surface area contributed by atoms with Crippen LogP contribution in [0.2, 0.25) is 5.02 Å². The lowest BCUT2D eigenvalue weighted by atomic mass is 9.89. The van der Waals surface area contributed by atoms with Crippen LogP contribution in [0.25, 0.3) is 0 Å². The van der Waals surface area contributed by atoms with Crippen molar-refractivity contribution in [2.24, 2.45) is 0 Å². The second-order valence-corrected chi connectivity index (χ2v) is 5.86. The lowest BCUT2D eigenvalue weighted by Gasteiger charge is -2.34. The number of nitriles is 1. The highest BCUT2D eigenvalue weighted by molar-refractivity contribution is 6.32. The summed E-state index contributed by atoms with van der Waals surface area (Å²) >= 11 is 6.12. The van der Waals surface area contributed by atoms with Gasteiger partial charge in [0.05, 0.1) is 10.6 Å². The molecular weight excluding hydrogens is 280 g/mol. The molecule has 0 aromatic heterocycles. The SMILES string of the molecule is N#Cc1ccc(N2CCC(c3ccccc3)CC2)cc1Cl. The van der Waals surface area contributed by atoms with Crippen LogP contribution in [0.15, 0.2) is 48.5 Å². The van der Waals surface area contributed by atoms with E-state index in [-0.39, 0.29) is 0 Å². The van der Waals surface area contributed by atoms with Crippen LogP contribution in [0.5, 0.6) is 0 Å². The third-order valence-electron chi connectivity index (χ3n) is 4.20. The lowest BCUT2D eigenvalue weighted by Crippen LogP contribution is -2.32. The van der Waals surface area contributed by atoms with Crippen molar-refractivity contribution in [1.82, 2.24) is 0 Å². The second kappa shape index (κ2) is 6.20. The first-order chi connectivity index (χ1) is 10.3. The van der Waals surface area contributed by atoms with Gasteiger partial charge in [-0.1, -0.05) is 41.9 Å². The van der Waals surface area contributed by atoms with Gasteiger partial charge in [0.15, 0.2) is 0 Å². The van der Waals surface area contributed by atoms with Gasteiger partial charge in [0.25, 0.3) is 0 Å². The van der Waals surface area contributed by atoms with E-state index >= 15 is 0 Å². The minimum Gasteiger partial charge on any atom is -0.371 e. The van der Waals surface area contributed by atoms with Crippen molar-refractivity contribution in [1.29, 1.82) is 5.26 Å². The number of nitrogens with zero attached hydrogens (tertiary/aromatic N) is 2. The molecule has 21 heavy (non-hydrogen) atoms. The molecule has 1 fully saturated rings. The van der Waals surface area contributed by atoms with Crippen molar-refractivity contribution in [3.05, 3.63) is 64.7 Å². The van der Waals surface area contributed by atoms with E-state index in [4.69, 9.17) is 16.9 Å². The first kappa shape index (κ1) is 14.0. The molecule has 2 aromatic rings. The molecular formula is C18H17ClN2. The molecule has 0 N–H and O–H groups in total. The summed E-state index contributed by atoms with van der Waals surface area (Å²) in [5.41, 5.74) is 3.10. The third-order valence-corrected chi connectivity index (χ3v) is 4.52.